The second-order valence-electron chi connectivity index (χ2n) is 6.43. The average Bonchev–Trinajstić information content (AvgIpc) is 2.33. The molecule has 1 nitrogen and oxygen atoms in total. The van der Waals surface area contributed by atoms with Crippen molar-refractivity contribution in [2.24, 2.45) is 5.92 Å². The van der Waals surface area contributed by atoms with E-state index < -0.39 is 8.07 Å². The molecule has 1 aromatic carbocycles. The Labute approximate surface area is 119 Å². The van der Waals surface area contributed by atoms with Gasteiger partial charge < -0.3 is 5.32 Å². The van der Waals surface area contributed by atoms with Gasteiger partial charge in [0.25, 0.3) is 0 Å². The van der Waals surface area contributed by atoms with Gasteiger partial charge in [-0.25, -0.2) is 0 Å². The van der Waals surface area contributed by atoms with Crippen LogP contribution in [0, 0.1) is 17.4 Å². The molecule has 0 amide bonds. The number of nitrogens with one attached hydrogen (secondary N) is 1. The maximum atomic E-state index is 3.59. The lowest BCUT2D eigenvalue weighted by atomic mass is 10.0. The van der Waals surface area contributed by atoms with Crippen LogP contribution < -0.4 is 5.32 Å². The maximum absolute atomic E-state index is 3.59. The van der Waals surface area contributed by atoms with Crippen LogP contribution in [0.1, 0.15) is 19.4 Å². The fraction of sp³-hybridized carbons (Fsp3) is 0.529. The van der Waals surface area contributed by atoms with E-state index in [9.17, 15) is 0 Å². The number of hydrogen-bond donors (Lipinski definition) is 1. The quantitative estimate of drug-likeness (QED) is 0.637. The topological polar surface area (TPSA) is 12.0 Å². The largest absolute Gasteiger partial charge is 0.303 e. The molecule has 0 saturated heterocycles. The molecule has 0 saturated carbocycles. The summed E-state index contributed by atoms with van der Waals surface area (Å²) in [7, 11) is -1.27. The van der Waals surface area contributed by atoms with Crippen LogP contribution in [0.2, 0.25) is 19.6 Å². The lowest BCUT2D eigenvalue weighted by Crippen LogP contribution is -2.34. The molecular weight excluding hydrogens is 246 g/mol. The van der Waals surface area contributed by atoms with Gasteiger partial charge in [0.2, 0.25) is 0 Å². The minimum absolute atomic E-state index is 0.315. The third-order valence-corrected chi connectivity index (χ3v) is 3.78. The number of rotatable bonds is 5. The molecule has 2 heteroatoms. The molecule has 0 spiro atoms. The van der Waals surface area contributed by atoms with E-state index in [0.717, 1.165) is 13.0 Å². The van der Waals surface area contributed by atoms with Gasteiger partial charge in [0.15, 0.2) is 0 Å². The van der Waals surface area contributed by atoms with Crippen molar-refractivity contribution < 1.29 is 0 Å². The summed E-state index contributed by atoms with van der Waals surface area (Å²) in [6, 6.07) is 10.9. The van der Waals surface area contributed by atoms with Crippen molar-refractivity contribution >= 4 is 8.07 Å². The summed E-state index contributed by atoms with van der Waals surface area (Å²) in [6.07, 6.45) is 1.07. The molecule has 1 aromatic rings. The van der Waals surface area contributed by atoms with Gasteiger partial charge in [0.05, 0.1) is 6.04 Å². The zero-order valence-electron chi connectivity index (χ0n) is 13.0. The van der Waals surface area contributed by atoms with Crippen LogP contribution in [0.4, 0.5) is 0 Å². The van der Waals surface area contributed by atoms with E-state index in [1.165, 1.54) is 5.56 Å². The Bertz CT molecular complexity index is 420. The van der Waals surface area contributed by atoms with Crippen molar-refractivity contribution in [1.82, 2.24) is 5.32 Å². The molecule has 104 valence electrons. The second kappa shape index (κ2) is 7.52. The summed E-state index contributed by atoms with van der Waals surface area (Å²) in [5.74, 6) is 4.00. The van der Waals surface area contributed by atoms with Gasteiger partial charge >= 0.3 is 0 Å². The minimum atomic E-state index is -1.27. The van der Waals surface area contributed by atoms with E-state index in [-0.39, 0.29) is 0 Å². The van der Waals surface area contributed by atoms with E-state index in [1.54, 1.807) is 0 Å². The highest BCUT2D eigenvalue weighted by Crippen LogP contribution is 2.04. The Morgan fingerprint density at radius 1 is 1.11 bits per heavy atom. The molecule has 1 atom stereocenters. The molecule has 0 radical (unpaired) electrons. The van der Waals surface area contributed by atoms with Crippen molar-refractivity contribution in [3.63, 3.8) is 0 Å². The summed E-state index contributed by atoms with van der Waals surface area (Å²) < 4.78 is 0. The van der Waals surface area contributed by atoms with Gasteiger partial charge in [0.1, 0.15) is 8.07 Å². The van der Waals surface area contributed by atoms with E-state index >= 15 is 0 Å². The lowest BCUT2D eigenvalue weighted by molar-refractivity contribution is 0.479. The summed E-state index contributed by atoms with van der Waals surface area (Å²) in [4.78, 5) is 0. The molecule has 1 unspecified atom stereocenters. The molecule has 1 N–H and O–H groups in total. The Morgan fingerprint density at radius 2 is 1.74 bits per heavy atom. The molecule has 0 aliphatic carbocycles. The van der Waals surface area contributed by atoms with Crippen LogP contribution in [-0.2, 0) is 6.42 Å². The van der Waals surface area contributed by atoms with Crippen LogP contribution in [0.3, 0.4) is 0 Å². The molecule has 0 aliphatic heterocycles. The molecule has 0 bridgehead atoms. The molecule has 19 heavy (non-hydrogen) atoms. The van der Waals surface area contributed by atoms with Crippen molar-refractivity contribution in [2.75, 3.05) is 6.54 Å². The summed E-state index contributed by atoms with van der Waals surface area (Å²) >= 11 is 0. The third-order valence-electron chi connectivity index (χ3n) is 2.89. The molecule has 0 heterocycles. The summed E-state index contributed by atoms with van der Waals surface area (Å²) in [6.45, 7) is 12.3. The van der Waals surface area contributed by atoms with Crippen LogP contribution in [0.5, 0.6) is 0 Å². The maximum Gasteiger partial charge on any atom is 0.129 e. The SMILES string of the molecule is CC(C)C(C#C[Si](C)(C)C)NCCc1ccccc1. The fourth-order valence-corrected chi connectivity index (χ4v) is 2.35. The molecule has 0 fully saturated rings. The lowest BCUT2D eigenvalue weighted by Gasteiger charge is -2.17. The van der Waals surface area contributed by atoms with Crippen molar-refractivity contribution in [1.29, 1.82) is 0 Å². The van der Waals surface area contributed by atoms with Gasteiger partial charge in [-0.3, -0.25) is 0 Å². The van der Waals surface area contributed by atoms with E-state index in [4.69, 9.17) is 0 Å². The first-order chi connectivity index (χ1) is 8.88. The Kier molecular flexibility index (Phi) is 6.34. The molecule has 0 aromatic heterocycles. The predicted octanol–water partition coefficient (Wildman–Crippen LogP) is 3.72. The normalized spacial score (nSPS) is 12.9. The van der Waals surface area contributed by atoms with Crippen molar-refractivity contribution in [3.8, 4) is 11.5 Å². The van der Waals surface area contributed by atoms with Gasteiger partial charge in [-0.2, -0.15) is 0 Å². The first-order valence-electron chi connectivity index (χ1n) is 7.18. The predicted molar refractivity (Wildman–Crippen MR) is 87.9 cm³/mol. The van der Waals surface area contributed by atoms with Gasteiger partial charge in [0, 0.05) is 6.54 Å². The van der Waals surface area contributed by atoms with Crippen LogP contribution in [0.15, 0.2) is 30.3 Å². The first-order valence-corrected chi connectivity index (χ1v) is 10.7. The monoisotopic (exact) mass is 273 g/mol. The second-order valence-corrected chi connectivity index (χ2v) is 11.2. The van der Waals surface area contributed by atoms with Gasteiger partial charge in [-0.05, 0) is 17.9 Å². The molecule has 0 aliphatic rings. The third kappa shape index (κ3) is 7.20. The minimum Gasteiger partial charge on any atom is -0.303 e. The van der Waals surface area contributed by atoms with Gasteiger partial charge in [-0.1, -0.05) is 69.7 Å². The van der Waals surface area contributed by atoms with Crippen molar-refractivity contribution in [2.45, 2.75) is 46.0 Å². The van der Waals surface area contributed by atoms with E-state index in [0.29, 0.717) is 12.0 Å². The smallest absolute Gasteiger partial charge is 0.129 e. The first kappa shape index (κ1) is 16.0. The van der Waals surface area contributed by atoms with Crippen LogP contribution >= 0.6 is 0 Å². The standard InChI is InChI=1S/C17H27NSi/c1-15(2)17(12-14-19(3,4)5)18-13-11-16-9-7-6-8-10-16/h6-10,15,17-18H,11,13H2,1-5H3. The van der Waals surface area contributed by atoms with Gasteiger partial charge in [-0.15, -0.1) is 5.54 Å². The number of hydrogen-bond acceptors (Lipinski definition) is 1. The van der Waals surface area contributed by atoms with Crippen LogP contribution in [-0.4, -0.2) is 20.7 Å². The molecule has 1 rings (SSSR count). The van der Waals surface area contributed by atoms with Crippen molar-refractivity contribution in [3.05, 3.63) is 35.9 Å². The van der Waals surface area contributed by atoms with Crippen LogP contribution in [0.25, 0.3) is 0 Å². The molecular formula is C17H27NSi. The number of benzene rings is 1. The highest BCUT2D eigenvalue weighted by Gasteiger charge is 2.12. The Morgan fingerprint density at radius 3 is 2.26 bits per heavy atom. The Balaban J connectivity index is 2.48. The van der Waals surface area contributed by atoms with E-state index in [2.05, 4.69) is 80.6 Å². The van der Waals surface area contributed by atoms with E-state index in [1.807, 2.05) is 0 Å². The highest BCUT2D eigenvalue weighted by molar-refractivity contribution is 6.83. The average molecular weight is 273 g/mol. The summed E-state index contributed by atoms with van der Waals surface area (Å²) in [5, 5.41) is 3.59. The fourth-order valence-electron chi connectivity index (χ4n) is 1.76. The zero-order chi connectivity index (χ0) is 14.3. The highest BCUT2D eigenvalue weighted by atomic mass is 28.3. The zero-order valence-corrected chi connectivity index (χ0v) is 14.0. The Hall–Kier alpha value is -1.04. The summed E-state index contributed by atoms with van der Waals surface area (Å²) in [5.41, 5.74) is 4.86.